The normalized spacial score (nSPS) is 13.6. The van der Waals surface area contributed by atoms with Crippen LogP contribution in [-0.4, -0.2) is 47.6 Å². The van der Waals surface area contributed by atoms with Crippen molar-refractivity contribution in [3.8, 4) is 0 Å². The molecule has 0 aliphatic rings. The number of aliphatic hydroxyl groups is 2. The van der Waals surface area contributed by atoms with Crippen LogP contribution in [0.25, 0.3) is 0 Å². The Labute approximate surface area is 276 Å². The average Bonchev–Trinajstić information content (AvgIpc) is 3.01. The molecule has 0 radical (unpaired) electrons. The molecule has 260 valence electrons. The maximum Gasteiger partial charge on any atom is 0.305 e. The highest BCUT2D eigenvalue weighted by Crippen LogP contribution is 2.14. The number of rotatable bonds is 31. The lowest BCUT2D eigenvalue weighted by Gasteiger charge is -2.12. The third-order valence-electron chi connectivity index (χ3n) is 7.58. The molecular formula is C39H68O6. The van der Waals surface area contributed by atoms with Crippen LogP contribution >= 0.6 is 0 Å². The van der Waals surface area contributed by atoms with E-state index >= 15 is 0 Å². The first-order valence-corrected chi connectivity index (χ1v) is 18.2. The molecule has 2 atom stereocenters. The third-order valence-corrected chi connectivity index (χ3v) is 7.58. The molecule has 0 bridgehead atoms. The average molecular weight is 633 g/mol. The number of allylic oxidation sites excluding steroid dienone is 6. The summed E-state index contributed by atoms with van der Waals surface area (Å²) in [6.45, 7) is 6.45. The molecule has 0 aliphatic carbocycles. The molecular weight excluding hydrogens is 564 g/mol. The van der Waals surface area contributed by atoms with Crippen LogP contribution < -0.4 is 0 Å². The molecule has 0 aliphatic heterocycles. The molecule has 0 saturated heterocycles. The molecule has 0 rings (SSSR count). The Morgan fingerprint density at radius 3 is 1.80 bits per heavy atom. The van der Waals surface area contributed by atoms with Crippen LogP contribution in [0.4, 0.5) is 0 Å². The first kappa shape index (κ1) is 42.8. The molecule has 0 fully saturated rings. The van der Waals surface area contributed by atoms with E-state index in [9.17, 15) is 19.8 Å². The summed E-state index contributed by atoms with van der Waals surface area (Å²) in [6.07, 6.45) is 36.2. The number of carbonyl (C=O) groups is 2. The van der Waals surface area contributed by atoms with Crippen molar-refractivity contribution < 1.29 is 29.3 Å². The summed E-state index contributed by atoms with van der Waals surface area (Å²) >= 11 is 0. The lowest BCUT2D eigenvalue weighted by molar-refractivity contribution is -0.152. The minimum Gasteiger partial charge on any atom is -0.463 e. The Balaban J connectivity index is 3.66. The lowest BCUT2D eigenvalue weighted by Crippen LogP contribution is -2.25. The van der Waals surface area contributed by atoms with Gasteiger partial charge >= 0.3 is 11.9 Å². The zero-order chi connectivity index (χ0) is 33.2. The molecule has 1 unspecified atom stereocenters. The van der Waals surface area contributed by atoms with E-state index in [1.165, 1.54) is 70.6 Å². The summed E-state index contributed by atoms with van der Waals surface area (Å²) in [4.78, 5) is 23.8. The van der Waals surface area contributed by atoms with Gasteiger partial charge in [0.15, 0.2) is 0 Å². The fourth-order valence-corrected chi connectivity index (χ4v) is 4.75. The number of hydrogen-bond acceptors (Lipinski definition) is 6. The largest absolute Gasteiger partial charge is 0.463 e. The summed E-state index contributed by atoms with van der Waals surface area (Å²) in [5.41, 5.74) is 0. The summed E-state index contributed by atoms with van der Waals surface area (Å²) < 4.78 is 10.2. The Morgan fingerprint density at radius 1 is 0.622 bits per heavy atom. The van der Waals surface area contributed by atoms with E-state index in [0.29, 0.717) is 25.7 Å². The number of ether oxygens (including phenoxy) is 2. The second-order valence-electron chi connectivity index (χ2n) is 12.7. The Morgan fingerprint density at radius 2 is 1.18 bits per heavy atom. The standard InChI is InChI=1S/C39H68O6/c1-4-5-6-7-8-11-15-19-24-29-36(40)30-25-20-17-22-27-32-39(43)45-34-37(41)33-44-38(42)31-26-21-16-13-10-9-12-14-18-23-28-35(2)3/h8,11,17,19-20,24-25,30,35-37,40-41H,4-7,9-10,12-16,18,21-23,26-29,31-34H2,1-3H3/b11-8-,20-17+,24-19-,30-25-/t36?,37-/m0/s1. The van der Waals surface area contributed by atoms with Gasteiger partial charge in [0, 0.05) is 12.8 Å². The van der Waals surface area contributed by atoms with Crippen molar-refractivity contribution in [1.82, 2.24) is 0 Å². The number of hydrogen-bond donors (Lipinski definition) is 2. The van der Waals surface area contributed by atoms with Crippen LogP contribution in [0.3, 0.4) is 0 Å². The summed E-state index contributed by atoms with van der Waals surface area (Å²) in [5, 5.41) is 20.0. The van der Waals surface area contributed by atoms with Crippen molar-refractivity contribution in [1.29, 1.82) is 0 Å². The van der Waals surface area contributed by atoms with Crippen molar-refractivity contribution in [2.45, 2.75) is 168 Å². The summed E-state index contributed by atoms with van der Waals surface area (Å²) in [5.74, 6) is 0.125. The number of unbranched alkanes of at least 4 members (excludes halogenated alkanes) is 13. The van der Waals surface area contributed by atoms with Gasteiger partial charge in [-0.05, 0) is 50.9 Å². The Hall–Kier alpha value is -2.18. The lowest BCUT2D eigenvalue weighted by atomic mass is 10.0. The van der Waals surface area contributed by atoms with Gasteiger partial charge in [0.25, 0.3) is 0 Å². The van der Waals surface area contributed by atoms with E-state index < -0.39 is 12.2 Å². The van der Waals surface area contributed by atoms with Crippen LogP contribution in [-0.2, 0) is 19.1 Å². The van der Waals surface area contributed by atoms with Crippen LogP contribution in [0, 0.1) is 5.92 Å². The third kappa shape index (κ3) is 34.5. The fraction of sp³-hybridized carbons (Fsp3) is 0.744. The molecule has 0 aromatic carbocycles. The van der Waals surface area contributed by atoms with Gasteiger partial charge in [-0.3, -0.25) is 9.59 Å². The summed E-state index contributed by atoms with van der Waals surface area (Å²) in [6, 6.07) is 0. The Kier molecular flexibility index (Phi) is 31.6. The van der Waals surface area contributed by atoms with Gasteiger partial charge in [0.05, 0.1) is 6.10 Å². The van der Waals surface area contributed by atoms with Crippen LogP contribution in [0.15, 0.2) is 48.6 Å². The number of esters is 2. The molecule has 6 nitrogen and oxygen atoms in total. The van der Waals surface area contributed by atoms with Gasteiger partial charge in [-0.15, -0.1) is 0 Å². The van der Waals surface area contributed by atoms with Gasteiger partial charge in [-0.2, -0.15) is 0 Å². The molecule has 0 amide bonds. The zero-order valence-electron chi connectivity index (χ0n) is 29.1. The maximum atomic E-state index is 11.9. The van der Waals surface area contributed by atoms with Gasteiger partial charge in [-0.1, -0.05) is 146 Å². The van der Waals surface area contributed by atoms with Crippen LogP contribution in [0.1, 0.15) is 156 Å². The van der Waals surface area contributed by atoms with Crippen molar-refractivity contribution >= 4 is 11.9 Å². The van der Waals surface area contributed by atoms with E-state index in [1.54, 1.807) is 6.08 Å². The van der Waals surface area contributed by atoms with Gasteiger partial charge in [-0.25, -0.2) is 0 Å². The van der Waals surface area contributed by atoms with E-state index in [-0.39, 0.29) is 31.6 Å². The molecule has 0 saturated carbocycles. The van der Waals surface area contributed by atoms with Crippen LogP contribution in [0.5, 0.6) is 0 Å². The minimum absolute atomic E-state index is 0.157. The van der Waals surface area contributed by atoms with Crippen molar-refractivity contribution in [3.63, 3.8) is 0 Å². The SMILES string of the molecule is CCCCC/C=C\C/C=C\CC(O)/C=C\C=C\CCCC(=O)OC[C@@H](O)COC(=O)CCCCCCCCCCCCC(C)C. The number of carbonyl (C=O) groups excluding carboxylic acids is 2. The second-order valence-corrected chi connectivity index (χ2v) is 12.7. The molecule has 2 N–H and O–H groups in total. The molecule has 0 heterocycles. The molecule has 0 aromatic rings. The highest BCUT2D eigenvalue weighted by Gasteiger charge is 2.12. The quantitative estimate of drug-likeness (QED) is 0.0342. The number of aliphatic hydroxyl groups excluding tert-OH is 2. The van der Waals surface area contributed by atoms with Crippen molar-refractivity contribution in [2.24, 2.45) is 5.92 Å². The van der Waals surface area contributed by atoms with Gasteiger partial charge in [0.1, 0.15) is 19.3 Å². The molecule has 0 spiro atoms. The Bertz CT molecular complexity index is 797. The van der Waals surface area contributed by atoms with E-state index in [2.05, 4.69) is 39.0 Å². The zero-order valence-corrected chi connectivity index (χ0v) is 29.1. The first-order valence-electron chi connectivity index (χ1n) is 18.2. The van der Waals surface area contributed by atoms with E-state index in [0.717, 1.165) is 38.0 Å². The molecule has 6 heteroatoms. The van der Waals surface area contributed by atoms with E-state index in [1.807, 2.05) is 24.3 Å². The predicted octanol–water partition coefficient (Wildman–Crippen LogP) is 9.89. The van der Waals surface area contributed by atoms with Crippen molar-refractivity contribution in [2.75, 3.05) is 13.2 Å². The highest BCUT2D eigenvalue weighted by atomic mass is 16.6. The monoisotopic (exact) mass is 633 g/mol. The molecule has 45 heavy (non-hydrogen) atoms. The van der Waals surface area contributed by atoms with Gasteiger partial charge in [0.2, 0.25) is 0 Å². The maximum absolute atomic E-state index is 11.9. The predicted molar refractivity (Wildman–Crippen MR) is 188 cm³/mol. The smallest absolute Gasteiger partial charge is 0.305 e. The highest BCUT2D eigenvalue weighted by molar-refractivity contribution is 5.69. The first-order chi connectivity index (χ1) is 21.8. The van der Waals surface area contributed by atoms with Crippen LogP contribution in [0.2, 0.25) is 0 Å². The van der Waals surface area contributed by atoms with E-state index in [4.69, 9.17) is 9.47 Å². The second kappa shape index (κ2) is 33.2. The summed E-state index contributed by atoms with van der Waals surface area (Å²) in [7, 11) is 0. The fourth-order valence-electron chi connectivity index (χ4n) is 4.75. The van der Waals surface area contributed by atoms with Gasteiger partial charge < -0.3 is 19.7 Å². The molecule has 0 aromatic heterocycles. The topological polar surface area (TPSA) is 93.1 Å². The minimum atomic E-state index is -1.01. The van der Waals surface area contributed by atoms with Crippen molar-refractivity contribution in [3.05, 3.63) is 48.6 Å².